The number of imide groups is 1. The van der Waals surface area contributed by atoms with Crippen LogP contribution in [0.2, 0.25) is 0 Å². The highest BCUT2D eigenvalue weighted by Crippen LogP contribution is 2.22. The molecule has 0 aromatic heterocycles. The summed E-state index contributed by atoms with van der Waals surface area (Å²) in [7, 11) is 0. The van der Waals surface area contributed by atoms with Crippen molar-refractivity contribution in [2.45, 2.75) is 31.8 Å². The smallest absolute Gasteiger partial charge is 0.314 e. The van der Waals surface area contributed by atoms with Crippen LogP contribution in [0.1, 0.15) is 31.2 Å². The Morgan fingerprint density at radius 3 is 2.58 bits per heavy atom. The average Bonchev–Trinajstić information content (AvgIpc) is 2.70. The molecule has 0 spiro atoms. The molecule has 2 unspecified atom stereocenters. The zero-order chi connectivity index (χ0) is 13.8. The fraction of sp³-hybridized carbons (Fsp3) is 0.357. The minimum Gasteiger partial charge on any atom is -0.451 e. The normalized spacial score (nSPS) is 19.9. The standard InChI is InChI=1S/C14H15NO4/c1-2-10(9-6-4-3-5-7-9)14(18)19-11-8-12(16)15-13(11)17/h3-7,10-11H,2,8H2,1H3,(H,15,16,17). The van der Waals surface area contributed by atoms with Gasteiger partial charge in [0.25, 0.3) is 5.91 Å². The Hall–Kier alpha value is -2.17. The van der Waals surface area contributed by atoms with E-state index in [-0.39, 0.29) is 6.42 Å². The number of benzene rings is 1. The minimum absolute atomic E-state index is 0.0875. The fourth-order valence-corrected chi connectivity index (χ4v) is 2.07. The molecule has 1 fully saturated rings. The van der Waals surface area contributed by atoms with Crippen LogP contribution in [0.5, 0.6) is 0 Å². The van der Waals surface area contributed by atoms with Crippen molar-refractivity contribution < 1.29 is 19.1 Å². The van der Waals surface area contributed by atoms with Gasteiger partial charge in [-0.1, -0.05) is 37.3 Å². The summed E-state index contributed by atoms with van der Waals surface area (Å²) in [6, 6.07) is 9.24. The van der Waals surface area contributed by atoms with Crippen molar-refractivity contribution in [1.82, 2.24) is 5.32 Å². The van der Waals surface area contributed by atoms with Crippen LogP contribution in [0.4, 0.5) is 0 Å². The second-order valence-corrected chi connectivity index (χ2v) is 4.41. The largest absolute Gasteiger partial charge is 0.451 e. The van der Waals surface area contributed by atoms with Crippen molar-refractivity contribution in [3.05, 3.63) is 35.9 Å². The lowest BCUT2D eigenvalue weighted by Crippen LogP contribution is -2.30. The lowest BCUT2D eigenvalue weighted by molar-refractivity contribution is -0.155. The molecule has 2 rings (SSSR count). The van der Waals surface area contributed by atoms with E-state index in [0.717, 1.165) is 5.56 Å². The SMILES string of the molecule is CCC(C(=O)OC1CC(=O)NC1=O)c1ccccc1. The first kappa shape index (κ1) is 13.3. The van der Waals surface area contributed by atoms with Crippen LogP contribution in [-0.2, 0) is 19.1 Å². The van der Waals surface area contributed by atoms with E-state index in [4.69, 9.17) is 4.74 Å². The van der Waals surface area contributed by atoms with Crippen molar-refractivity contribution in [2.75, 3.05) is 0 Å². The van der Waals surface area contributed by atoms with Gasteiger partial charge >= 0.3 is 5.97 Å². The average molecular weight is 261 g/mol. The maximum absolute atomic E-state index is 12.1. The summed E-state index contributed by atoms with van der Waals surface area (Å²) in [5.74, 6) is -1.83. The van der Waals surface area contributed by atoms with E-state index in [1.807, 2.05) is 37.3 Å². The summed E-state index contributed by atoms with van der Waals surface area (Å²) in [5.41, 5.74) is 0.847. The van der Waals surface area contributed by atoms with Gasteiger partial charge in [0.2, 0.25) is 5.91 Å². The first-order valence-electron chi connectivity index (χ1n) is 6.21. The minimum atomic E-state index is -0.988. The highest BCUT2D eigenvalue weighted by Gasteiger charge is 2.35. The van der Waals surface area contributed by atoms with Crippen molar-refractivity contribution in [3.63, 3.8) is 0 Å². The summed E-state index contributed by atoms with van der Waals surface area (Å²) in [6.07, 6.45) is -0.501. The third-order valence-electron chi connectivity index (χ3n) is 3.08. The van der Waals surface area contributed by atoms with E-state index in [0.29, 0.717) is 6.42 Å². The molecule has 5 heteroatoms. The molecular formula is C14H15NO4. The van der Waals surface area contributed by atoms with E-state index in [1.165, 1.54) is 0 Å². The van der Waals surface area contributed by atoms with Crippen LogP contribution in [0.3, 0.4) is 0 Å². The molecule has 1 N–H and O–H groups in total. The van der Waals surface area contributed by atoms with Crippen LogP contribution in [0, 0.1) is 0 Å². The van der Waals surface area contributed by atoms with E-state index in [9.17, 15) is 14.4 Å². The Bertz CT molecular complexity index is 497. The zero-order valence-corrected chi connectivity index (χ0v) is 10.6. The first-order chi connectivity index (χ1) is 9.11. The number of carbonyl (C=O) groups excluding carboxylic acids is 3. The monoisotopic (exact) mass is 261 g/mol. The predicted octanol–water partition coefficient (Wildman–Crippen LogP) is 1.14. The van der Waals surface area contributed by atoms with Gasteiger partial charge in [0.05, 0.1) is 12.3 Å². The van der Waals surface area contributed by atoms with Gasteiger partial charge in [-0.3, -0.25) is 19.7 Å². The molecule has 100 valence electrons. The highest BCUT2D eigenvalue weighted by atomic mass is 16.5. The van der Waals surface area contributed by atoms with Gasteiger partial charge in [0.1, 0.15) is 0 Å². The quantitative estimate of drug-likeness (QED) is 0.651. The highest BCUT2D eigenvalue weighted by molar-refractivity contribution is 6.05. The van der Waals surface area contributed by atoms with Gasteiger partial charge in [-0.05, 0) is 12.0 Å². The number of carbonyl (C=O) groups is 3. The van der Waals surface area contributed by atoms with Gasteiger partial charge in [-0.15, -0.1) is 0 Å². The molecular weight excluding hydrogens is 246 g/mol. The van der Waals surface area contributed by atoms with Gasteiger partial charge in [0, 0.05) is 0 Å². The second-order valence-electron chi connectivity index (χ2n) is 4.41. The molecule has 2 atom stereocenters. The Kier molecular flexibility index (Phi) is 3.94. The lowest BCUT2D eigenvalue weighted by Gasteiger charge is -2.16. The van der Waals surface area contributed by atoms with Gasteiger partial charge in [0.15, 0.2) is 6.10 Å². The van der Waals surface area contributed by atoms with E-state index in [2.05, 4.69) is 5.32 Å². The molecule has 0 radical (unpaired) electrons. The summed E-state index contributed by atoms with van der Waals surface area (Å²) in [6.45, 7) is 1.87. The maximum Gasteiger partial charge on any atom is 0.314 e. The lowest BCUT2D eigenvalue weighted by atomic mass is 9.97. The van der Waals surface area contributed by atoms with Crippen LogP contribution >= 0.6 is 0 Å². The molecule has 2 amide bonds. The van der Waals surface area contributed by atoms with Crippen molar-refractivity contribution in [3.8, 4) is 0 Å². The molecule has 5 nitrogen and oxygen atoms in total. The molecule has 0 aliphatic carbocycles. The summed E-state index contributed by atoms with van der Waals surface area (Å²) < 4.78 is 5.13. The third-order valence-corrected chi connectivity index (χ3v) is 3.08. The molecule has 1 aliphatic rings. The van der Waals surface area contributed by atoms with E-state index in [1.54, 1.807) is 0 Å². The maximum atomic E-state index is 12.1. The molecule has 0 bridgehead atoms. The van der Waals surface area contributed by atoms with E-state index < -0.39 is 29.8 Å². The topological polar surface area (TPSA) is 72.5 Å². The second kappa shape index (κ2) is 5.65. The van der Waals surface area contributed by atoms with Crippen LogP contribution in [0.15, 0.2) is 30.3 Å². The summed E-state index contributed by atoms with van der Waals surface area (Å²) >= 11 is 0. The Balaban J connectivity index is 2.06. The van der Waals surface area contributed by atoms with Crippen molar-refractivity contribution in [2.24, 2.45) is 0 Å². The number of amides is 2. The Morgan fingerprint density at radius 2 is 2.05 bits per heavy atom. The molecule has 1 aromatic rings. The molecule has 1 aliphatic heterocycles. The molecule has 1 aromatic carbocycles. The Morgan fingerprint density at radius 1 is 1.37 bits per heavy atom. The third kappa shape index (κ3) is 2.99. The number of rotatable bonds is 4. The number of esters is 1. The molecule has 1 saturated heterocycles. The predicted molar refractivity (Wildman–Crippen MR) is 67.1 cm³/mol. The van der Waals surface area contributed by atoms with Crippen LogP contribution in [0.25, 0.3) is 0 Å². The van der Waals surface area contributed by atoms with Gasteiger partial charge in [-0.2, -0.15) is 0 Å². The zero-order valence-electron chi connectivity index (χ0n) is 10.6. The van der Waals surface area contributed by atoms with Crippen molar-refractivity contribution >= 4 is 17.8 Å². The number of nitrogens with one attached hydrogen (secondary N) is 1. The summed E-state index contributed by atoms with van der Waals surface area (Å²) in [4.78, 5) is 34.5. The number of hydrogen-bond donors (Lipinski definition) is 1. The molecule has 1 heterocycles. The molecule has 0 saturated carbocycles. The van der Waals surface area contributed by atoms with Gasteiger partial charge < -0.3 is 4.74 Å². The first-order valence-corrected chi connectivity index (χ1v) is 6.21. The summed E-state index contributed by atoms with van der Waals surface area (Å²) in [5, 5.41) is 2.11. The Labute approximate surface area is 110 Å². The fourth-order valence-electron chi connectivity index (χ4n) is 2.07. The van der Waals surface area contributed by atoms with Gasteiger partial charge in [-0.25, -0.2) is 0 Å². The number of hydrogen-bond acceptors (Lipinski definition) is 4. The number of ether oxygens (including phenoxy) is 1. The van der Waals surface area contributed by atoms with Crippen LogP contribution < -0.4 is 5.32 Å². The molecule has 19 heavy (non-hydrogen) atoms. The van der Waals surface area contributed by atoms with E-state index >= 15 is 0 Å². The van der Waals surface area contributed by atoms with Crippen molar-refractivity contribution in [1.29, 1.82) is 0 Å². The van der Waals surface area contributed by atoms with Crippen LogP contribution in [-0.4, -0.2) is 23.9 Å².